The van der Waals surface area contributed by atoms with Crippen molar-refractivity contribution in [1.82, 2.24) is 20.9 Å². The lowest BCUT2D eigenvalue weighted by atomic mass is 9.85. The number of amides is 4. The molecule has 0 bridgehead atoms. The van der Waals surface area contributed by atoms with Crippen molar-refractivity contribution in [3.05, 3.63) is 12.7 Å². The van der Waals surface area contributed by atoms with Gasteiger partial charge in [-0.05, 0) is 77.0 Å². The van der Waals surface area contributed by atoms with Gasteiger partial charge in [-0.15, -0.1) is 6.58 Å². The van der Waals surface area contributed by atoms with E-state index in [4.69, 9.17) is 4.74 Å². The molecule has 0 aromatic carbocycles. The summed E-state index contributed by atoms with van der Waals surface area (Å²) in [5, 5.41) is 7.78. The van der Waals surface area contributed by atoms with Crippen LogP contribution in [0.15, 0.2) is 12.7 Å². The maximum Gasteiger partial charge on any atom is 0.408 e. The Morgan fingerprint density at radius 1 is 1.00 bits per heavy atom. The standard InChI is InChI=1S/C32H54N4O8S/c1-13-14-15-20(23(37)26(39)33-16-17-45(42,43)31(8,9)10)34-25(38)22-21-19(32(21,11)12)18-36(22)27(40)24(29(2,3)4)35-28(41)44-30(5,6)7/h13,19-22,24H,1,14-18H2,2-12H3,(H,33,39)(H,34,38)(H,35,41)/t19-,20?,21-,22-,24+/m0/s1. The lowest BCUT2D eigenvalue weighted by molar-refractivity contribution is -0.145. The fourth-order valence-electron chi connectivity index (χ4n) is 5.71. The highest BCUT2D eigenvalue weighted by molar-refractivity contribution is 7.92. The number of ketones is 1. The largest absolute Gasteiger partial charge is 0.444 e. The highest BCUT2D eigenvalue weighted by Gasteiger charge is 2.70. The van der Waals surface area contributed by atoms with Crippen molar-refractivity contribution in [2.75, 3.05) is 18.8 Å². The van der Waals surface area contributed by atoms with Crippen LogP contribution in [-0.4, -0.2) is 90.2 Å². The minimum absolute atomic E-state index is 0.0368. The Hall–Kier alpha value is -2.96. The number of fused-ring (bicyclic) bond motifs is 1. The summed E-state index contributed by atoms with van der Waals surface area (Å²) in [5.74, 6) is -3.43. The number of alkyl carbamates (subject to hydrolysis) is 1. The van der Waals surface area contributed by atoms with Gasteiger partial charge in [0.2, 0.25) is 17.6 Å². The number of likely N-dealkylation sites (tertiary alicyclic amines) is 1. The van der Waals surface area contributed by atoms with Crippen molar-refractivity contribution < 1.29 is 37.1 Å². The smallest absolute Gasteiger partial charge is 0.408 e. The molecule has 0 aromatic rings. The second kappa shape index (κ2) is 13.4. The first-order chi connectivity index (χ1) is 20.3. The third kappa shape index (κ3) is 9.29. The van der Waals surface area contributed by atoms with E-state index in [2.05, 4.69) is 22.5 Å². The van der Waals surface area contributed by atoms with Crippen molar-refractivity contribution in [3.63, 3.8) is 0 Å². The average Bonchev–Trinajstić information content (AvgIpc) is 3.19. The Morgan fingerprint density at radius 3 is 2.07 bits per heavy atom. The number of rotatable bonds is 12. The van der Waals surface area contributed by atoms with E-state index in [0.717, 1.165) is 0 Å². The van der Waals surface area contributed by atoms with E-state index in [9.17, 15) is 32.4 Å². The van der Waals surface area contributed by atoms with Crippen LogP contribution in [0.3, 0.4) is 0 Å². The van der Waals surface area contributed by atoms with Crippen molar-refractivity contribution in [2.24, 2.45) is 22.7 Å². The number of hydrogen-bond donors (Lipinski definition) is 3. The lowest BCUT2D eigenvalue weighted by Gasteiger charge is -2.38. The molecule has 1 aliphatic heterocycles. The second-order valence-corrected chi connectivity index (χ2v) is 18.7. The quantitative estimate of drug-likeness (QED) is 0.213. The number of sulfone groups is 1. The topological polar surface area (TPSA) is 168 Å². The van der Waals surface area contributed by atoms with Crippen LogP contribution in [0.4, 0.5) is 4.79 Å². The van der Waals surface area contributed by atoms with Gasteiger partial charge in [0.05, 0.1) is 16.5 Å². The SMILES string of the molecule is C=CCCC(NC(=O)[C@@H]1[C@@H]2[C@H](CN1C(=O)[C@@H](NC(=O)OC(C)(C)C)C(C)(C)C)C2(C)C)C(=O)C(=O)NCCS(=O)(=O)C(C)(C)C. The molecule has 12 nitrogen and oxygen atoms in total. The number of carbonyl (C=O) groups excluding carboxylic acids is 5. The molecule has 4 amide bonds. The second-order valence-electron chi connectivity index (χ2n) is 15.8. The molecule has 1 saturated carbocycles. The Balaban J connectivity index is 2.27. The zero-order valence-corrected chi connectivity index (χ0v) is 29.6. The first-order valence-electron chi connectivity index (χ1n) is 15.5. The fraction of sp³-hybridized carbons (Fsp3) is 0.781. The van der Waals surface area contributed by atoms with Gasteiger partial charge in [0, 0.05) is 13.1 Å². The number of hydrogen-bond acceptors (Lipinski definition) is 8. The predicted molar refractivity (Wildman–Crippen MR) is 172 cm³/mol. The molecule has 2 aliphatic rings. The monoisotopic (exact) mass is 654 g/mol. The summed E-state index contributed by atoms with van der Waals surface area (Å²) in [7, 11) is -3.53. The summed E-state index contributed by atoms with van der Waals surface area (Å²) in [6.07, 6.45) is 1.21. The number of piperidine rings is 1. The Morgan fingerprint density at radius 2 is 1.58 bits per heavy atom. The number of Topliss-reactive ketones (excluding diaryl/α,β-unsaturated/α-hetero) is 1. The zero-order chi connectivity index (χ0) is 34.9. The van der Waals surface area contributed by atoms with Gasteiger partial charge in [0.15, 0.2) is 9.84 Å². The van der Waals surface area contributed by atoms with Gasteiger partial charge < -0.3 is 25.6 Å². The molecule has 1 aliphatic carbocycles. The van der Waals surface area contributed by atoms with Gasteiger partial charge in [0.25, 0.3) is 5.91 Å². The van der Waals surface area contributed by atoms with E-state index in [1.165, 1.54) is 4.90 Å². The van der Waals surface area contributed by atoms with Gasteiger partial charge in [-0.2, -0.15) is 0 Å². The summed E-state index contributed by atoms with van der Waals surface area (Å²) in [4.78, 5) is 68.1. The maximum atomic E-state index is 14.0. The van der Waals surface area contributed by atoms with E-state index in [1.54, 1.807) is 68.4 Å². The molecule has 1 unspecified atom stereocenters. The Kier molecular flexibility index (Phi) is 11.4. The molecule has 2 rings (SSSR count). The third-order valence-electron chi connectivity index (χ3n) is 8.64. The fourth-order valence-corrected chi connectivity index (χ4v) is 6.70. The first kappa shape index (κ1) is 38.2. The molecule has 3 N–H and O–H groups in total. The molecular weight excluding hydrogens is 600 g/mol. The van der Waals surface area contributed by atoms with Crippen LogP contribution in [0.1, 0.15) is 89.0 Å². The zero-order valence-electron chi connectivity index (χ0n) is 28.8. The van der Waals surface area contributed by atoms with E-state index < -0.39 is 73.3 Å². The van der Waals surface area contributed by atoms with Crippen LogP contribution in [0.5, 0.6) is 0 Å². The van der Waals surface area contributed by atoms with Crippen LogP contribution in [0.25, 0.3) is 0 Å². The van der Waals surface area contributed by atoms with Gasteiger partial charge >= 0.3 is 6.09 Å². The predicted octanol–water partition coefficient (Wildman–Crippen LogP) is 2.76. The summed E-state index contributed by atoms with van der Waals surface area (Å²) in [6.45, 7) is 23.0. The van der Waals surface area contributed by atoms with E-state index in [-0.39, 0.29) is 36.0 Å². The Bertz CT molecular complexity index is 1290. The van der Waals surface area contributed by atoms with Crippen LogP contribution < -0.4 is 16.0 Å². The number of nitrogens with one attached hydrogen (secondary N) is 3. The molecule has 2 fully saturated rings. The highest BCUT2D eigenvalue weighted by Crippen LogP contribution is 2.65. The van der Waals surface area contributed by atoms with E-state index >= 15 is 0 Å². The minimum atomic E-state index is -3.53. The highest BCUT2D eigenvalue weighted by atomic mass is 32.2. The molecule has 1 saturated heterocycles. The van der Waals surface area contributed by atoms with Crippen LogP contribution in [0.2, 0.25) is 0 Å². The molecule has 13 heteroatoms. The van der Waals surface area contributed by atoms with Crippen LogP contribution in [-0.2, 0) is 33.8 Å². The summed E-state index contributed by atoms with van der Waals surface area (Å²) in [5.41, 5.74) is -1.74. The molecule has 1 heterocycles. The summed E-state index contributed by atoms with van der Waals surface area (Å²) >= 11 is 0. The van der Waals surface area contributed by atoms with Gasteiger partial charge in [-0.25, -0.2) is 13.2 Å². The number of ether oxygens (including phenoxy) is 1. The molecular formula is C32H54N4O8S. The van der Waals surface area contributed by atoms with E-state index in [1.807, 2.05) is 13.8 Å². The normalized spacial score (nSPS) is 22.4. The Labute approximate surface area is 268 Å². The van der Waals surface area contributed by atoms with Crippen molar-refractivity contribution >= 4 is 39.4 Å². The molecule has 0 radical (unpaired) electrons. The maximum absolute atomic E-state index is 14.0. The van der Waals surface area contributed by atoms with Crippen molar-refractivity contribution in [3.8, 4) is 0 Å². The van der Waals surface area contributed by atoms with Gasteiger partial charge in [-0.3, -0.25) is 19.2 Å². The summed E-state index contributed by atoms with van der Waals surface area (Å²) < 4.78 is 29.2. The molecule has 5 atom stereocenters. The lowest BCUT2D eigenvalue weighted by Crippen LogP contribution is -2.60. The molecule has 256 valence electrons. The number of nitrogens with zero attached hydrogens (tertiary/aromatic N) is 1. The third-order valence-corrected chi connectivity index (χ3v) is 11.2. The van der Waals surface area contributed by atoms with Crippen LogP contribution in [0, 0.1) is 22.7 Å². The molecule has 45 heavy (non-hydrogen) atoms. The van der Waals surface area contributed by atoms with E-state index in [0.29, 0.717) is 13.0 Å². The first-order valence-corrected chi connectivity index (χ1v) is 17.2. The summed E-state index contributed by atoms with van der Waals surface area (Å²) in [6, 6.07) is -3.15. The van der Waals surface area contributed by atoms with Crippen LogP contribution >= 0.6 is 0 Å². The molecule has 0 spiro atoms. The number of allylic oxidation sites excluding steroid dienone is 1. The average molecular weight is 655 g/mol. The number of carbonyl (C=O) groups is 5. The van der Waals surface area contributed by atoms with Gasteiger partial charge in [-0.1, -0.05) is 40.7 Å². The van der Waals surface area contributed by atoms with Crippen molar-refractivity contribution in [2.45, 2.75) is 117 Å². The molecule has 0 aromatic heterocycles. The minimum Gasteiger partial charge on any atom is -0.444 e. The van der Waals surface area contributed by atoms with Crippen molar-refractivity contribution in [1.29, 1.82) is 0 Å². The van der Waals surface area contributed by atoms with Gasteiger partial charge in [0.1, 0.15) is 17.7 Å².